The molecular formula is C23H24FN3O3. The quantitative estimate of drug-likeness (QED) is 0.600. The molecule has 1 aromatic carbocycles. The molecule has 3 aromatic rings. The molecule has 156 valence electrons. The van der Waals surface area contributed by atoms with Crippen LogP contribution in [-0.4, -0.2) is 51.9 Å². The maximum Gasteiger partial charge on any atom is 0.270 e. The Bertz CT molecular complexity index is 1080. The first-order chi connectivity index (χ1) is 14.5. The second kappa shape index (κ2) is 8.18. The van der Waals surface area contributed by atoms with E-state index in [1.54, 1.807) is 16.1 Å². The van der Waals surface area contributed by atoms with E-state index in [0.717, 1.165) is 11.8 Å². The van der Waals surface area contributed by atoms with Crippen LogP contribution in [0.5, 0.6) is 0 Å². The molecule has 2 aromatic heterocycles. The first-order valence-electron chi connectivity index (χ1n) is 10.0. The number of aromatic nitrogens is 1. The highest BCUT2D eigenvalue weighted by atomic mass is 19.1. The second-order valence-electron chi connectivity index (χ2n) is 7.55. The largest absolute Gasteiger partial charge is 0.448 e. The van der Waals surface area contributed by atoms with Crippen molar-refractivity contribution in [3.05, 3.63) is 72.4 Å². The number of carbonyl (C=O) groups is 2. The maximum atomic E-state index is 13.3. The summed E-state index contributed by atoms with van der Waals surface area (Å²) in [6, 6.07) is 9.09. The van der Waals surface area contributed by atoms with Crippen molar-refractivity contribution in [1.29, 1.82) is 0 Å². The number of hydrogen-bond donors (Lipinski definition) is 0. The summed E-state index contributed by atoms with van der Waals surface area (Å²) in [7, 11) is 0. The number of rotatable bonds is 5. The Kier molecular flexibility index (Phi) is 5.44. The van der Waals surface area contributed by atoms with Crippen LogP contribution in [0.1, 0.15) is 34.2 Å². The van der Waals surface area contributed by atoms with Gasteiger partial charge in [-0.15, -0.1) is 6.58 Å². The summed E-state index contributed by atoms with van der Waals surface area (Å²) in [5.74, 6) is -0.604. The highest BCUT2D eigenvalue weighted by molar-refractivity contribution is 5.98. The van der Waals surface area contributed by atoms with Crippen molar-refractivity contribution in [3.63, 3.8) is 0 Å². The molecule has 0 radical (unpaired) electrons. The lowest BCUT2D eigenvalue weighted by atomic mass is 10.1. The predicted molar refractivity (Wildman–Crippen MR) is 112 cm³/mol. The molecule has 0 bridgehead atoms. The monoisotopic (exact) mass is 409 g/mol. The molecule has 1 aliphatic heterocycles. The van der Waals surface area contributed by atoms with Gasteiger partial charge in [-0.3, -0.25) is 9.59 Å². The van der Waals surface area contributed by atoms with Crippen molar-refractivity contribution in [3.8, 4) is 0 Å². The van der Waals surface area contributed by atoms with E-state index in [4.69, 9.17) is 4.42 Å². The Morgan fingerprint density at radius 3 is 2.67 bits per heavy atom. The van der Waals surface area contributed by atoms with E-state index in [0.29, 0.717) is 43.1 Å². The summed E-state index contributed by atoms with van der Waals surface area (Å²) in [5.41, 5.74) is 1.71. The van der Waals surface area contributed by atoms with Gasteiger partial charge in [0.05, 0.1) is 6.26 Å². The van der Waals surface area contributed by atoms with Gasteiger partial charge in [0.25, 0.3) is 11.8 Å². The molecule has 1 saturated heterocycles. The van der Waals surface area contributed by atoms with E-state index < -0.39 is 0 Å². The highest BCUT2D eigenvalue weighted by Crippen LogP contribution is 2.24. The summed E-state index contributed by atoms with van der Waals surface area (Å²) in [6.45, 7) is 7.58. The van der Waals surface area contributed by atoms with Crippen LogP contribution in [0, 0.1) is 5.82 Å². The van der Waals surface area contributed by atoms with Crippen LogP contribution in [0.3, 0.4) is 0 Å². The summed E-state index contributed by atoms with van der Waals surface area (Å²) >= 11 is 0. The van der Waals surface area contributed by atoms with Crippen molar-refractivity contribution in [2.75, 3.05) is 19.6 Å². The maximum absolute atomic E-state index is 13.3. The molecule has 4 rings (SSSR count). The molecule has 1 fully saturated rings. The smallest absolute Gasteiger partial charge is 0.270 e. The average Bonchev–Trinajstić information content (AvgIpc) is 3.33. The summed E-state index contributed by atoms with van der Waals surface area (Å²) < 4.78 is 20.6. The van der Waals surface area contributed by atoms with Crippen LogP contribution in [0.4, 0.5) is 4.39 Å². The normalized spacial score (nSPS) is 16.8. The number of benzene rings is 1. The van der Waals surface area contributed by atoms with Crippen LogP contribution < -0.4 is 0 Å². The van der Waals surface area contributed by atoms with E-state index in [2.05, 4.69) is 6.58 Å². The van der Waals surface area contributed by atoms with Crippen LogP contribution in [0.15, 0.2) is 59.7 Å². The molecule has 2 amide bonds. The fraction of sp³-hybridized carbons (Fsp3) is 0.304. The number of nitrogens with zero attached hydrogens (tertiary/aromatic N) is 3. The van der Waals surface area contributed by atoms with Crippen LogP contribution in [0.2, 0.25) is 0 Å². The Labute approximate surface area is 174 Å². The lowest BCUT2D eigenvalue weighted by Crippen LogP contribution is -2.55. The van der Waals surface area contributed by atoms with Crippen LogP contribution in [-0.2, 0) is 6.54 Å². The Balaban J connectivity index is 1.50. The van der Waals surface area contributed by atoms with Gasteiger partial charge in [-0.25, -0.2) is 4.39 Å². The molecule has 1 aliphatic rings. The summed E-state index contributed by atoms with van der Waals surface area (Å²) in [5, 5.41) is 0.889. The van der Waals surface area contributed by atoms with Crippen molar-refractivity contribution in [2.24, 2.45) is 0 Å². The van der Waals surface area contributed by atoms with E-state index in [9.17, 15) is 14.0 Å². The second-order valence-corrected chi connectivity index (χ2v) is 7.55. The Hall–Kier alpha value is -3.35. The fourth-order valence-electron chi connectivity index (χ4n) is 3.96. The molecule has 0 saturated carbocycles. The molecular weight excluding hydrogens is 385 g/mol. The van der Waals surface area contributed by atoms with Gasteiger partial charge in [0, 0.05) is 43.2 Å². The molecule has 6 nitrogen and oxygen atoms in total. The van der Waals surface area contributed by atoms with Crippen molar-refractivity contribution in [1.82, 2.24) is 14.4 Å². The summed E-state index contributed by atoms with van der Waals surface area (Å²) in [6.07, 6.45) is 4.15. The van der Waals surface area contributed by atoms with Crippen molar-refractivity contribution >= 4 is 22.9 Å². The standard InChI is InChI=1S/C23H24FN3O3/c1-3-4-10-27-20(14-18-9-13-30-23(18)27)22(29)25-11-12-26(16(2)15-25)21(28)17-5-7-19(24)8-6-17/h3,5-9,13-14,16H,1,4,10-12,15H2,2H3/t16-/m1/s1. The molecule has 0 N–H and O–H groups in total. The van der Waals surface area contributed by atoms with Gasteiger partial charge in [0.1, 0.15) is 11.5 Å². The predicted octanol–water partition coefficient (Wildman–Crippen LogP) is 3.94. The number of piperazine rings is 1. The number of fused-ring (bicyclic) bond motifs is 1. The van der Waals surface area contributed by atoms with Gasteiger partial charge in [-0.2, -0.15) is 0 Å². The number of hydrogen-bond acceptors (Lipinski definition) is 3. The third-order valence-electron chi connectivity index (χ3n) is 5.55. The minimum atomic E-state index is -0.375. The molecule has 1 atom stereocenters. The topological polar surface area (TPSA) is 58.7 Å². The van der Waals surface area contributed by atoms with E-state index >= 15 is 0 Å². The number of carbonyl (C=O) groups excluding carboxylic acids is 2. The molecule has 0 unspecified atom stereocenters. The summed E-state index contributed by atoms with van der Waals surface area (Å²) in [4.78, 5) is 29.6. The zero-order valence-electron chi connectivity index (χ0n) is 16.9. The minimum absolute atomic E-state index is 0.0776. The average molecular weight is 409 g/mol. The van der Waals surface area contributed by atoms with Crippen LogP contribution >= 0.6 is 0 Å². The number of halogens is 1. The van der Waals surface area contributed by atoms with Gasteiger partial charge >= 0.3 is 0 Å². The van der Waals surface area contributed by atoms with Gasteiger partial charge in [0.15, 0.2) is 0 Å². The third kappa shape index (κ3) is 3.63. The van der Waals surface area contributed by atoms with Crippen molar-refractivity contribution in [2.45, 2.75) is 25.9 Å². The van der Waals surface area contributed by atoms with Crippen molar-refractivity contribution < 1.29 is 18.4 Å². The van der Waals surface area contributed by atoms with E-state index in [-0.39, 0.29) is 23.7 Å². The zero-order valence-corrected chi connectivity index (χ0v) is 16.9. The van der Waals surface area contributed by atoms with Gasteiger partial charge in [0.2, 0.25) is 5.71 Å². The SMILES string of the molecule is C=CCCn1c(C(=O)N2CCN(C(=O)c3ccc(F)cc3)[C@H](C)C2)cc2ccoc21. The molecule has 0 aliphatic carbocycles. The Morgan fingerprint density at radius 1 is 1.20 bits per heavy atom. The third-order valence-corrected chi connectivity index (χ3v) is 5.55. The first-order valence-corrected chi connectivity index (χ1v) is 10.0. The number of furan rings is 1. The fourth-order valence-corrected chi connectivity index (χ4v) is 3.96. The van der Waals surface area contributed by atoms with Gasteiger partial charge < -0.3 is 18.8 Å². The molecule has 0 spiro atoms. The zero-order chi connectivity index (χ0) is 21.3. The first kappa shape index (κ1) is 19.9. The van der Waals surface area contributed by atoms with E-state index in [1.807, 2.05) is 29.7 Å². The minimum Gasteiger partial charge on any atom is -0.448 e. The van der Waals surface area contributed by atoms with Gasteiger partial charge in [-0.1, -0.05) is 6.08 Å². The molecule has 7 heteroatoms. The Morgan fingerprint density at radius 2 is 1.97 bits per heavy atom. The van der Waals surface area contributed by atoms with Gasteiger partial charge in [-0.05, 0) is 49.7 Å². The lowest BCUT2D eigenvalue weighted by Gasteiger charge is -2.40. The number of allylic oxidation sites excluding steroid dienone is 1. The number of aryl methyl sites for hydroxylation is 1. The molecule has 30 heavy (non-hydrogen) atoms. The molecule has 3 heterocycles. The van der Waals surface area contributed by atoms with E-state index in [1.165, 1.54) is 24.3 Å². The van der Waals surface area contributed by atoms with Crippen LogP contribution in [0.25, 0.3) is 11.1 Å². The highest BCUT2D eigenvalue weighted by Gasteiger charge is 2.32. The lowest BCUT2D eigenvalue weighted by molar-refractivity contribution is 0.0409. The number of amides is 2.